The molecule has 0 aliphatic heterocycles. The fourth-order valence-electron chi connectivity index (χ4n) is 4.24. The van der Waals surface area contributed by atoms with E-state index in [1.165, 1.54) is 23.1 Å². The first-order chi connectivity index (χ1) is 13.7. The van der Waals surface area contributed by atoms with Gasteiger partial charge in [-0.15, -0.1) is 0 Å². The third-order valence-corrected chi connectivity index (χ3v) is 5.32. The quantitative estimate of drug-likeness (QED) is 0.436. The zero-order valence-electron chi connectivity index (χ0n) is 17.6. The number of carbonyl (C=O) groups is 1. The number of furan rings is 1. The van der Waals surface area contributed by atoms with Crippen molar-refractivity contribution < 1.29 is 14.0 Å². The summed E-state index contributed by atoms with van der Waals surface area (Å²) in [5.41, 5.74) is 7.82. The summed E-state index contributed by atoms with van der Waals surface area (Å²) in [5, 5.41) is 4.25. The summed E-state index contributed by atoms with van der Waals surface area (Å²) in [5.74, 6) is -0.438. The molecule has 5 heteroatoms. The lowest BCUT2D eigenvalue weighted by Gasteiger charge is -2.31. The summed E-state index contributed by atoms with van der Waals surface area (Å²) < 4.78 is 7.41. The van der Waals surface area contributed by atoms with E-state index in [0.29, 0.717) is 0 Å². The van der Waals surface area contributed by atoms with Crippen molar-refractivity contribution in [3.05, 3.63) is 76.5 Å². The van der Waals surface area contributed by atoms with Gasteiger partial charge in [-0.1, -0.05) is 25.1 Å². The van der Waals surface area contributed by atoms with Gasteiger partial charge in [-0.2, -0.15) is 0 Å². The van der Waals surface area contributed by atoms with E-state index in [0.717, 1.165) is 35.5 Å². The number of aryl methyl sites for hydroxylation is 3. The van der Waals surface area contributed by atoms with E-state index in [4.69, 9.17) is 9.25 Å². The van der Waals surface area contributed by atoms with Crippen molar-refractivity contribution in [1.29, 1.82) is 0 Å². The van der Waals surface area contributed by atoms with Crippen LogP contribution in [0.25, 0.3) is 5.69 Å². The molecule has 2 aromatic heterocycles. The number of carbonyl (C=O) groups excluding carboxylic acids is 1. The van der Waals surface area contributed by atoms with Crippen LogP contribution in [0.3, 0.4) is 0 Å². The van der Waals surface area contributed by atoms with Gasteiger partial charge in [0.1, 0.15) is 0 Å². The van der Waals surface area contributed by atoms with Gasteiger partial charge in [-0.25, -0.2) is 4.79 Å². The SMILES string of the molecule is Cc1cc(C)cc(-n2c(C)cc3c2CC(C)(C)C/C3=N\OC(=O)c2ccco2)c1. The molecule has 0 spiro atoms. The van der Waals surface area contributed by atoms with E-state index in [9.17, 15) is 4.79 Å². The average Bonchev–Trinajstić information content (AvgIpc) is 3.25. The van der Waals surface area contributed by atoms with Crippen LogP contribution in [0.15, 0.2) is 52.2 Å². The van der Waals surface area contributed by atoms with Gasteiger partial charge in [0.15, 0.2) is 0 Å². The van der Waals surface area contributed by atoms with Crippen LogP contribution < -0.4 is 0 Å². The van der Waals surface area contributed by atoms with E-state index in [2.05, 4.69) is 68.6 Å². The normalized spacial score (nSPS) is 16.7. The minimum atomic E-state index is -0.585. The van der Waals surface area contributed by atoms with Crippen molar-refractivity contribution in [3.8, 4) is 5.69 Å². The Morgan fingerprint density at radius 2 is 1.83 bits per heavy atom. The second kappa shape index (κ2) is 7.07. The van der Waals surface area contributed by atoms with Crippen LogP contribution in [0, 0.1) is 26.2 Å². The molecular formula is C24H26N2O3. The first-order valence-corrected chi connectivity index (χ1v) is 9.85. The number of nitrogens with zero attached hydrogens (tertiary/aromatic N) is 2. The van der Waals surface area contributed by atoms with E-state index in [-0.39, 0.29) is 11.2 Å². The van der Waals surface area contributed by atoms with Crippen LogP contribution in [0.4, 0.5) is 0 Å². The number of hydrogen-bond donors (Lipinski definition) is 0. The minimum absolute atomic E-state index is 0.00430. The first kappa shape index (κ1) is 19.2. The van der Waals surface area contributed by atoms with Gasteiger partial charge in [0.2, 0.25) is 5.76 Å². The molecule has 0 bridgehead atoms. The van der Waals surface area contributed by atoms with Gasteiger partial charge in [0.05, 0.1) is 12.0 Å². The predicted molar refractivity (Wildman–Crippen MR) is 113 cm³/mol. The van der Waals surface area contributed by atoms with Gasteiger partial charge < -0.3 is 13.8 Å². The summed E-state index contributed by atoms with van der Waals surface area (Å²) in [4.78, 5) is 17.4. The number of rotatable bonds is 3. The highest BCUT2D eigenvalue weighted by Gasteiger charge is 2.34. The minimum Gasteiger partial charge on any atom is -0.457 e. The Morgan fingerprint density at radius 1 is 1.10 bits per heavy atom. The van der Waals surface area contributed by atoms with Crippen molar-refractivity contribution in [1.82, 2.24) is 4.57 Å². The Hall–Kier alpha value is -3.08. The molecule has 1 aliphatic rings. The van der Waals surface area contributed by atoms with E-state index < -0.39 is 5.97 Å². The summed E-state index contributed by atoms with van der Waals surface area (Å²) >= 11 is 0. The summed E-state index contributed by atoms with van der Waals surface area (Å²) in [6.45, 7) is 10.8. The third-order valence-electron chi connectivity index (χ3n) is 5.32. The van der Waals surface area contributed by atoms with Crippen molar-refractivity contribution in [2.24, 2.45) is 10.6 Å². The van der Waals surface area contributed by atoms with Crippen LogP contribution >= 0.6 is 0 Å². The molecule has 3 aromatic rings. The Labute approximate surface area is 171 Å². The lowest BCUT2D eigenvalue weighted by molar-refractivity contribution is 0.0477. The lowest BCUT2D eigenvalue weighted by Crippen LogP contribution is -2.28. The third kappa shape index (κ3) is 3.77. The second-order valence-electron chi connectivity index (χ2n) is 8.74. The smallest absolute Gasteiger partial charge is 0.400 e. The van der Waals surface area contributed by atoms with Crippen molar-refractivity contribution in [2.45, 2.75) is 47.5 Å². The zero-order valence-corrected chi connectivity index (χ0v) is 17.6. The Morgan fingerprint density at radius 3 is 2.48 bits per heavy atom. The molecule has 1 aromatic carbocycles. The molecule has 5 nitrogen and oxygen atoms in total. The molecule has 2 heterocycles. The van der Waals surface area contributed by atoms with Crippen molar-refractivity contribution in [2.75, 3.05) is 0 Å². The molecule has 0 N–H and O–H groups in total. The summed E-state index contributed by atoms with van der Waals surface area (Å²) in [7, 11) is 0. The largest absolute Gasteiger partial charge is 0.457 e. The predicted octanol–water partition coefficient (Wildman–Crippen LogP) is 5.53. The van der Waals surface area contributed by atoms with Gasteiger partial charge in [-0.05, 0) is 80.5 Å². The lowest BCUT2D eigenvalue weighted by atomic mass is 9.76. The molecule has 0 atom stereocenters. The molecule has 150 valence electrons. The molecule has 0 amide bonds. The van der Waals surface area contributed by atoms with Gasteiger partial charge in [-0.3, -0.25) is 0 Å². The van der Waals surface area contributed by atoms with Crippen LogP contribution in [0.2, 0.25) is 0 Å². The van der Waals surface area contributed by atoms with Crippen LogP contribution in [-0.2, 0) is 11.3 Å². The number of aromatic nitrogens is 1. The second-order valence-corrected chi connectivity index (χ2v) is 8.74. The maximum atomic E-state index is 12.2. The Bertz CT molecular complexity index is 1080. The van der Waals surface area contributed by atoms with Gasteiger partial charge in [0.25, 0.3) is 0 Å². The maximum Gasteiger partial charge on any atom is 0.400 e. The number of benzene rings is 1. The molecule has 4 rings (SSSR count). The molecule has 0 fully saturated rings. The first-order valence-electron chi connectivity index (χ1n) is 9.85. The van der Waals surface area contributed by atoms with Crippen molar-refractivity contribution in [3.63, 3.8) is 0 Å². The molecule has 1 aliphatic carbocycles. The molecule has 0 radical (unpaired) electrons. The maximum absolute atomic E-state index is 12.2. The molecule has 0 saturated carbocycles. The highest BCUT2D eigenvalue weighted by molar-refractivity contribution is 6.03. The number of hydrogen-bond acceptors (Lipinski definition) is 4. The summed E-state index contributed by atoms with van der Waals surface area (Å²) in [6.07, 6.45) is 3.11. The molecule has 0 unspecified atom stereocenters. The van der Waals surface area contributed by atoms with Crippen LogP contribution in [0.1, 0.15) is 58.9 Å². The molecule has 29 heavy (non-hydrogen) atoms. The standard InChI is InChI=1S/C24H26N2O3/c1-15-9-16(2)11-18(10-15)26-17(3)12-19-20(13-24(4,5)14-21(19)26)25-29-23(27)22-7-6-8-28-22/h6-12H,13-14H2,1-5H3/b25-20+. The number of fused-ring (bicyclic) bond motifs is 1. The zero-order chi connectivity index (χ0) is 20.8. The van der Waals surface area contributed by atoms with E-state index in [1.807, 2.05) is 0 Å². The highest BCUT2D eigenvalue weighted by Crippen LogP contribution is 2.38. The average molecular weight is 390 g/mol. The van der Waals surface area contributed by atoms with Crippen LogP contribution in [-0.4, -0.2) is 16.2 Å². The summed E-state index contributed by atoms with van der Waals surface area (Å²) in [6, 6.07) is 11.9. The van der Waals surface area contributed by atoms with Gasteiger partial charge in [0, 0.05) is 22.6 Å². The monoisotopic (exact) mass is 390 g/mol. The highest BCUT2D eigenvalue weighted by atomic mass is 16.7. The van der Waals surface area contributed by atoms with E-state index in [1.54, 1.807) is 12.1 Å². The van der Waals surface area contributed by atoms with Gasteiger partial charge >= 0.3 is 5.97 Å². The Kier molecular flexibility index (Phi) is 4.69. The fourth-order valence-corrected chi connectivity index (χ4v) is 4.24. The topological polar surface area (TPSA) is 56.7 Å². The Balaban J connectivity index is 1.77. The van der Waals surface area contributed by atoms with Crippen molar-refractivity contribution >= 4 is 11.7 Å². The fraction of sp³-hybridized carbons (Fsp3) is 0.333. The molecular weight excluding hydrogens is 364 g/mol. The van der Waals surface area contributed by atoms with E-state index >= 15 is 0 Å². The number of oxime groups is 1. The molecule has 0 saturated heterocycles. The van der Waals surface area contributed by atoms with Crippen LogP contribution in [0.5, 0.6) is 0 Å².